The molecule has 0 aliphatic heterocycles. The largest absolute Gasteiger partial charge is 0.360 e. The normalized spacial score (nSPS) is 10.5. The Morgan fingerprint density at radius 2 is 1.86 bits per heavy atom. The molecule has 0 aliphatic rings. The minimum absolute atomic E-state index is 0.0160. The lowest BCUT2D eigenvalue weighted by molar-refractivity contribution is -0.384. The van der Waals surface area contributed by atoms with Crippen molar-refractivity contribution in [3.8, 4) is 0 Å². The van der Waals surface area contributed by atoms with Gasteiger partial charge in [0.25, 0.3) is 0 Å². The first kappa shape index (κ1) is 13.1. The maximum atomic E-state index is 11.0. The molecule has 2 aromatic carbocycles. The van der Waals surface area contributed by atoms with Gasteiger partial charge in [-0.05, 0) is 22.4 Å². The highest BCUT2D eigenvalue weighted by atomic mass is 16.6. The fourth-order valence-corrected chi connectivity index (χ4v) is 2.31. The average Bonchev–Trinajstić information content (AvgIpc) is 2.53. The fourth-order valence-electron chi connectivity index (χ4n) is 2.31. The van der Waals surface area contributed by atoms with Gasteiger partial charge in [-0.2, -0.15) is 0 Å². The number of fused-ring (bicyclic) bond motifs is 1. The number of rotatable bonds is 4. The Morgan fingerprint density at radius 1 is 1.05 bits per heavy atom. The Balaban J connectivity index is 1.89. The van der Waals surface area contributed by atoms with Gasteiger partial charge in [0.2, 0.25) is 5.82 Å². The van der Waals surface area contributed by atoms with Gasteiger partial charge in [-0.3, -0.25) is 10.1 Å². The molecule has 21 heavy (non-hydrogen) atoms. The van der Waals surface area contributed by atoms with Gasteiger partial charge in [0.05, 0.1) is 4.92 Å². The Labute approximate surface area is 121 Å². The highest BCUT2D eigenvalue weighted by Gasteiger charge is 2.13. The van der Waals surface area contributed by atoms with Gasteiger partial charge in [0.15, 0.2) is 0 Å². The first-order valence-corrected chi connectivity index (χ1v) is 6.55. The van der Waals surface area contributed by atoms with E-state index < -0.39 is 4.92 Å². The number of pyridine rings is 1. The Hall–Kier alpha value is -2.95. The number of aromatic nitrogens is 1. The minimum Gasteiger partial charge on any atom is -0.360 e. The first-order chi connectivity index (χ1) is 10.3. The third-order valence-corrected chi connectivity index (χ3v) is 3.31. The summed E-state index contributed by atoms with van der Waals surface area (Å²) in [7, 11) is 0. The smallest absolute Gasteiger partial charge is 0.311 e. The van der Waals surface area contributed by atoms with Crippen molar-refractivity contribution in [3.63, 3.8) is 0 Å². The number of hydrogen-bond donors (Lipinski definition) is 1. The van der Waals surface area contributed by atoms with Gasteiger partial charge in [-0.15, -0.1) is 0 Å². The van der Waals surface area contributed by atoms with Crippen molar-refractivity contribution in [1.29, 1.82) is 0 Å². The van der Waals surface area contributed by atoms with Crippen LogP contribution in [0.15, 0.2) is 60.8 Å². The molecule has 1 aromatic heterocycles. The number of benzene rings is 2. The third-order valence-electron chi connectivity index (χ3n) is 3.31. The molecule has 0 saturated heterocycles. The molecule has 0 amide bonds. The SMILES string of the molecule is O=[N+]([O-])c1cccnc1NCc1cccc2ccccc12. The van der Waals surface area contributed by atoms with Crippen LogP contribution in [0.25, 0.3) is 10.8 Å². The van der Waals surface area contributed by atoms with Crippen molar-refractivity contribution >= 4 is 22.3 Å². The van der Waals surface area contributed by atoms with Crippen molar-refractivity contribution in [2.75, 3.05) is 5.32 Å². The molecule has 104 valence electrons. The molecule has 1 heterocycles. The topological polar surface area (TPSA) is 68.1 Å². The number of nitrogens with zero attached hydrogens (tertiary/aromatic N) is 2. The van der Waals surface area contributed by atoms with E-state index in [0.29, 0.717) is 6.54 Å². The zero-order valence-corrected chi connectivity index (χ0v) is 11.2. The van der Waals surface area contributed by atoms with Crippen LogP contribution in [0, 0.1) is 10.1 Å². The number of hydrogen-bond acceptors (Lipinski definition) is 4. The molecule has 3 aromatic rings. The average molecular weight is 279 g/mol. The first-order valence-electron chi connectivity index (χ1n) is 6.55. The zero-order chi connectivity index (χ0) is 14.7. The molecule has 0 aliphatic carbocycles. The summed E-state index contributed by atoms with van der Waals surface area (Å²) in [6.07, 6.45) is 1.54. The molecule has 0 unspecified atom stereocenters. The Bertz CT molecular complexity index is 797. The van der Waals surface area contributed by atoms with Crippen LogP contribution < -0.4 is 5.32 Å². The second kappa shape index (κ2) is 5.58. The quantitative estimate of drug-likeness (QED) is 0.583. The van der Waals surface area contributed by atoms with Crippen molar-refractivity contribution in [1.82, 2.24) is 4.98 Å². The molecule has 0 spiro atoms. The van der Waals surface area contributed by atoms with Crippen LogP contribution >= 0.6 is 0 Å². The van der Waals surface area contributed by atoms with Gasteiger partial charge in [-0.1, -0.05) is 42.5 Å². The highest BCUT2D eigenvalue weighted by molar-refractivity contribution is 5.85. The summed E-state index contributed by atoms with van der Waals surface area (Å²) in [5.41, 5.74) is 1.06. The zero-order valence-electron chi connectivity index (χ0n) is 11.2. The third kappa shape index (κ3) is 2.67. The van der Waals surface area contributed by atoms with Gasteiger partial charge in [0, 0.05) is 18.8 Å². The molecule has 1 N–H and O–H groups in total. The van der Waals surface area contributed by atoms with Gasteiger partial charge in [0.1, 0.15) is 0 Å². The number of anilines is 1. The van der Waals surface area contributed by atoms with Crippen LogP contribution in [0.2, 0.25) is 0 Å². The maximum absolute atomic E-state index is 11.0. The summed E-state index contributed by atoms with van der Waals surface area (Å²) in [6, 6.07) is 17.1. The Kier molecular flexibility index (Phi) is 3.47. The second-order valence-corrected chi connectivity index (χ2v) is 4.62. The van der Waals surface area contributed by atoms with Crippen LogP contribution in [0.1, 0.15) is 5.56 Å². The number of nitro groups is 1. The second-order valence-electron chi connectivity index (χ2n) is 4.62. The van der Waals surface area contributed by atoms with Crippen LogP contribution in [-0.4, -0.2) is 9.91 Å². The van der Waals surface area contributed by atoms with E-state index in [2.05, 4.69) is 10.3 Å². The summed E-state index contributed by atoms with van der Waals surface area (Å²) in [5, 5.41) is 16.3. The highest BCUT2D eigenvalue weighted by Crippen LogP contribution is 2.23. The van der Waals surface area contributed by atoms with E-state index in [4.69, 9.17) is 0 Å². The molecule has 0 bridgehead atoms. The predicted molar refractivity (Wildman–Crippen MR) is 82.2 cm³/mol. The standard InChI is InChI=1S/C16H13N3O2/c20-19(21)15-9-4-10-17-16(15)18-11-13-7-3-6-12-5-1-2-8-14(12)13/h1-10H,11H2,(H,17,18). The van der Waals surface area contributed by atoms with Crippen LogP contribution in [0.3, 0.4) is 0 Å². The molecule has 0 atom stereocenters. The maximum Gasteiger partial charge on any atom is 0.311 e. The molecule has 5 heteroatoms. The van der Waals surface area contributed by atoms with E-state index in [1.165, 1.54) is 6.07 Å². The molecule has 5 nitrogen and oxygen atoms in total. The van der Waals surface area contributed by atoms with Crippen LogP contribution in [0.4, 0.5) is 11.5 Å². The van der Waals surface area contributed by atoms with Gasteiger partial charge < -0.3 is 5.32 Å². The molecule has 0 fully saturated rings. The van der Waals surface area contributed by atoms with Crippen molar-refractivity contribution in [2.24, 2.45) is 0 Å². The van der Waals surface area contributed by atoms with Crippen LogP contribution in [0.5, 0.6) is 0 Å². The minimum atomic E-state index is -0.432. The number of nitrogens with one attached hydrogen (secondary N) is 1. The van der Waals surface area contributed by atoms with Crippen molar-refractivity contribution in [3.05, 3.63) is 76.5 Å². The van der Waals surface area contributed by atoms with E-state index in [1.54, 1.807) is 12.3 Å². The van der Waals surface area contributed by atoms with E-state index in [9.17, 15) is 10.1 Å². The van der Waals surface area contributed by atoms with E-state index >= 15 is 0 Å². The van der Waals surface area contributed by atoms with Crippen LogP contribution in [-0.2, 0) is 6.54 Å². The van der Waals surface area contributed by atoms with Gasteiger partial charge in [-0.25, -0.2) is 4.98 Å². The molecule has 0 radical (unpaired) electrons. The lowest BCUT2D eigenvalue weighted by Crippen LogP contribution is -2.04. The van der Waals surface area contributed by atoms with E-state index in [-0.39, 0.29) is 11.5 Å². The van der Waals surface area contributed by atoms with E-state index in [0.717, 1.165) is 16.3 Å². The summed E-state index contributed by atoms with van der Waals surface area (Å²) in [6.45, 7) is 0.485. The van der Waals surface area contributed by atoms with E-state index in [1.807, 2.05) is 42.5 Å². The Morgan fingerprint density at radius 3 is 2.71 bits per heavy atom. The van der Waals surface area contributed by atoms with Gasteiger partial charge >= 0.3 is 5.69 Å². The summed E-state index contributed by atoms with van der Waals surface area (Å²) in [5.74, 6) is 0.287. The summed E-state index contributed by atoms with van der Waals surface area (Å²) >= 11 is 0. The van der Waals surface area contributed by atoms with Crippen molar-refractivity contribution in [2.45, 2.75) is 6.54 Å². The summed E-state index contributed by atoms with van der Waals surface area (Å²) in [4.78, 5) is 14.6. The lowest BCUT2D eigenvalue weighted by Gasteiger charge is -2.09. The van der Waals surface area contributed by atoms with Crippen molar-refractivity contribution < 1.29 is 4.92 Å². The monoisotopic (exact) mass is 279 g/mol. The molecule has 0 saturated carbocycles. The lowest BCUT2D eigenvalue weighted by atomic mass is 10.0. The fraction of sp³-hybridized carbons (Fsp3) is 0.0625. The molecule has 3 rings (SSSR count). The molecular weight excluding hydrogens is 266 g/mol. The summed E-state index contributed by atoms with van der Waals surface area (Å²) < 4.78 is 0. The predicted octanol–water partition coefficient (Wildman–Crippen LogP) is 3.76. The molecular formula is C16H13N3O2.